The Morgan fingerprint density at radius 3 is 3.14 bits per heavy atom. The molecule has 0 bridgehead atoms. The van der Waals surface area contributed by atoms with E-state index in [2.05, 4.69) is 10.3 Å². The average molecular weight is 313 g/mol. The lowest BCUT2D eigenvalue weighted by molar-refractivity contribution is 0.0808. The van der Waals surface area contributed by atoms with Crippen LogP contribution in [-0.2, 0) is 17.9 Å². The van der Waals surface area contributed by atoms with Gasteiger partial charge in [-0.2, -0.15) is 0 Å². The first-order valence-electron chi connectivity index (χ1n) is 7.23. The normalized spacial score (nSPS) is 21.8. The molecule has 0 aliphatic carbocycles. The molecule has 0 aromatic carbocycles. The van der Waals surface area contributed by atoms with Gasteiger partial charge in [0.15, 0.2) is 0 Å². The van der Waals surface area contributed by atoms with Gasteiger partial charge in [-0.05, 0) is 19.3 Å². The molecule has 1 aliphatic rings. The van der Waals surface area contributed by atoms with E-state index in [9.17, 15) is 9.90 Å². The molecule has 21 heavy (non-hydrogen) atoms. The second-order valence-electron chi connectivity index (χ2n) is 5.32. The minimum absolute atomic E-state index is 0.0195. The van der Waals surface area contributed by atoms with Gasteiger partial charge in [0.2, 0.25) is 0 Å². The Kier molecular flexibility index (Phi) is 5.55. The van der Waals surface area contributed by atoms with Crippen LogP contribution in [0.25, 0.3) is 0 Å². The van der Waals surface area contributed by atoms with Crippen molar-refractivity contribution in [2.45, 2.75) is 44.9 Å². The van der Waals surface area contributed by atoms with Crippen LogP contribution < -0.4 is 5.32 Å². The Bertz CT molecular complexity index is 474. The number of aromatic nitrogens is 1. The fraction of sp³-hybridized carbons (Fsp3) is 0.714. The molecule has 118 valence electrons. The Balaban J connectivity index is 1.91. The van der Waals surface area contributed by atoms with Crippen LogP contribution in [0.15, 0.2) is 5.38 Å². The number of carbonyl (C=O) groups is 1. The summed E-state index contributed by atoms with van der Waals surface area (Å²) in [6, 6.07) is -0.121. The number of likely N-dealkylation sites (tertiary alicyclic amines) is 1. The molecule has 6 nitrogen and oxygen atoms in total. The summed E-state index contributed by atoms with van der Waals surface area (Å²) in [7, 11) is 1.63. The van der Waals surface area contributed by atoms with Crippen molar-refractivity contribution in [3.63, 3.8) is 0 Å². The van der Waals surface area contributed by atoms with Crippen LogP contribution in [0.5, 0.6) is 0 Å². The number of thiazole rings is 1. The second-order valence-corrected chi connectivity index (χ2v) is 6.26. The zero-order chi connectivity index (χ0) is 15.3. The van der Waals surface area contributed by atoms with E-state index in [-0.39, 0.29) is 12.6 Å². The molecule has 1 atom stereocenters. The van der Waals surface area contributed by atoms with E-state index in [4.69, 9.17) is 4.74 Å². The Labute approximate surface area is 129 Å². The second kappa shape index (κ2) is 7.20. The van der Waals surface area contributed by atoms with Crippen LogP contribution in [0.4, 0.5) is 4.79 Å². The summed E-state index contributed by atoms with van der Waals surface area (Å²) >= 11 is 1.53. The quantitative estimate of drug-likeness (QED) is 0.839. The lowest BCUT2D eigenvalue weighted by Crippen LogP contribution is -2.53. The summed E-state index contributed by atoms with van der Waals surface area (Å²) in [6.07, 6.45) is 2.57. The van der Waals surface area contributed by atoms with Gasteiger partial charge in [-0.15, -0.1) is 11.3 Å². The van der Waals surface area contributed by atoms with E-state index < -0.39 is 5.54 Å². The number of methoxy groups -OCH3 is 1. The van der Waals surface area contributed by atoms with Crippen molar-refractivity contribution in [2.75, 3.05) is 20.3 Å². The molecular formula is C14H23N3O3S. The van der Waals surface area contributed by atoms with Crippen molar-refractivity contribution in [2.24, 2.45) is 0 Å². The van der Waals surface area contributed by atoms with E-state index >= 15 is 0 Å². The molecular weight excluding hydrogens is 290 g/mol. The Morgan fingerprint density at radius 2 is 2.48 bits per heavy atom. The smallest absolute Gasteiger partial charge is 0.318 e. The van der Waals surface area contributed by atoms with Crippen molar-refractivity contribution in [1.82, 2.24) is 15.2 Å². The first-order chi connectivity index (χ1) is 10.1. The van der Waals surface area contributed by atoms with E-state index in [0.29, 0.717) is 19.7 Å². The summed E-state index contributed by atoms with van der Waals surface area (Å²) in [5, 5.41) is 15.4. The number of urea groups is 1. The van der Waals surface area contributed by atoms with E-state index in [0.717, 1.165) is 30.0 Å². The molecule has 2 heterocycles. The highest BCUT2D eigenvalue weighted by Crippen LogP contribution is 2.31. The highest BCUT2D eigenvalue weighted by atomic mass is 32.1. The van der Waals surface area contributed by atoms with Crippen molar-refractivity contribution < 1.29 is 14.6 Å². The summed E-state index contributed by atoms with van der Waals surface area (Å²) in [4.78, 5) is 18.5. The number of carbonyl (C=O) groups excluding carboxylic acids is 1. The van der Waals surface area contributed by atoms with Gasteiger partial charge >= 0.3 is 6.03 Å². The number of ether oxygens (including phenoxy) is 1. The molecule has 2 rings (SSSR count). The fourth-order valence-electron chi connectivity index (χ4n) is 2.78. The number of hydrogen-bond acceptors (Lipinski definition) is 5. The van der Waals surface area contributed by atoms with Gasteiger partial charge in [0, 0.05) is 19.0 Å². The third-order valence-electron chi connectivity index (χ3n) is 4.08. The fourth-order valence-corrected chi connectivity index (χ4v) is 3.54. The molecule has 0 saturated carbocycles. The van der Waals surface area contributed by atoms with Crippen molar-refractivity contribution in [3.8, 4) is 0 Å². The number of amides is 2. The van der Waals surface area contributed by atoms with E-state index in [1.165, 1.54) is 11.3 Å². The first kappa shape index (κ1) is 16.2. The lowest BCUT2D eigenvalue weighted by Gasteiger charge is -2.36. The minimum atomic E-state index is -0.395. The average Bonchev–Trinajstić information content (AvgIpc) is 3.12. The van der Waals surface area contributed by atoms with E-state index in [1.807, 2.05) is 12.3 Å². The molecule has 2 N–H and O–H groups in total. The number of rotatable bonds is 6. The predicted octanol–water partition coefficient (Wildman–Crippen LogP) is 1.74. The van der Waals surface area contributed by atoms with Crippen LogP contribution in [0.1, 0.15) is 36.9 Å². The SMILES string of the molecule is CCC1(CO)CCCN1C(=O)NCc1csc(COC)n1. The molecule has 0 spiro atoms. The molecule has 1 unspecified atom stereocenters. The van der Waals surface area contributed by atoms with Gasteiger partial charge in [-0.3, -0.25) is 0 Å². The largest absolute Gasteiger partial charge is 0.394 e. The summed E-state index contributed by atoms with van der Waals surface area (Å²) in [5.74, 6) is 0. The zero-order valence-electron chi connectivity index (χ0n) is 12.6. The third kappa shape index (κ3) is 3.53. The minimum Gasteiger partial charge on any atom is -0.394 e. The van der Waals surface area contributed by atoms with Crippen molar-refractivity contribution in [1.29, 1.82) is 0 Å². The zero-order valence-corrected chi connectivity index (χ0v) is 13.4. The molecule has 2 amide bonds. The van der Waals surface area contributed by atoms with Crippen LogP contribution in [-0.4, -0.2) is 46.8 Å². The molecule has 1 aromatic heterocycles. The maximum absolute atomic E-state index is 12.3. The maximum atomic E-state index is 12.3. The van der Waals surface area contributed by atoms with Crippen molar-refractivity contribution >= 4 is 17.4 Å². The lowest BCUT2D eigenvalue weighted by atomic mass is 9.94. The highest BCUT2D eigenvalue weighted by molar-refractivity contribution is 7.09. The Morgan fingerprint density at radius 1 is 1.67 bits per heavy atom. The molecule has 7 heteroatoms. The van der Waals surface area contributed by atoms with Crippen LogP contribution in [0.2, 0.25) is 0 Å². The van der Waals surface area contributed by atoms with Gasteiger partial charge in [0.25, 0.3) is 0 Å². The number of nitrogens with one attached hydrogen (secondary N) is 1. The first-order valence-corrected chi connectivity index (χ1v) is 8.11. The number of aliphatic hydroxyl groups is 1. The van der Waals surface area contributed by atoms with E-state index in [1.54, 1.807) is 12.0 Å². The van der Waals surface area contributed by atoms with Gasteiger partial charge in [0.1, 0.15) is 5.01 Å². The third-order valence-corrected chi connectivity index (χ3v) is 4.95. The van der Waals surface area contributed by atoms with Crippen LogP contribution in [0, 0.1) is 0 Å². The van der Waals surface area contributed by atoms with Crippen LogP contribution in [0.3, 0.4) is 0 Å². The molecule has 1 saturated heterocycles. The summed E-state index contributed by atoms with van der Waals surface area (Å²) in [5.41, 5.74) is 0.443. The molecule has 0 radical (unpaired) electrons. The van der Waals surface area contributed by atoms with Crippen molar-refractivity contribution in [3.05, 3.63) is 16.1 Å². The highest BCUT2D eigenvalue weighted by Gasteiger charge is 2.41. The number of hydrogen-bond donors (Lipinski definition) is 2. The summed E-state index contributed by atoms with van der Waals surface area (Å²) in [6.45, 7) is 3.63. The van der Waals surface area contributed by atoms with Gasteiger partial charge in [0.05, 0.1) is 31.0 Å². The molecule has 1 aliphatic heterocycles. The number of nitrogens with zero attached hydrogens (tertiary/aromatic N) is 2. The Hall–Kier alpha value is -1.18. The number of aliphatic hydroxyl groups excluding tert-OH is 1. The molecule has 1 fully saturated rings. The van der Waals surface area contributed by atoms with Gasteiger partial charge in [-0.25, -0.2) is 9.78 Å². The summed E-state index contributed by atoms with van der Waals surface area (Å²) < 4.78 is 5.03. The topological polar surface area (TPSA) is 74.7 Å². The maximum Gasteiger partial charge on any atom is 0.318 e. The predicted molar refractivity (Wildman–Crippen MR) is 81.1 cm³/mol. The van der Waals surface area contributed by atoms with Crippen LogP contribution >= 0.6 is 11.3 Å². The van der Waals surface area contributed by atoms with Gasteiger partial charge < -0.3 is 20.1 Å². The van der Waals surface area contributed by atoms with Gasteiger partial charge in [-0.1, -0.05) is 6.92 Å². The standard InChI is InChI=1S/C14H23N3O3S/c1-3-14(10-18)5-4-6-17(14)13(19)15-7-11-9-21-12(16-11)8-20-2/h9,18H,3-8,10H2,1-2H3,(H,15,19). The molecule has 1 aromatic rings. The monoisotopic (exact) mass is 313 g/mol.